The van der Waals surface area contributed by atoms with Crippen molar-refractivity contribution in [1.82, 2.24) is 9.97 Å². The van der Waals surface area contributed by atoms with Crippen LogP contribution in [0.4, 0.5) is 0 Å². The van der Waals surface area contributed by atoms with Crippen molar-refractivity contribution in [3.05, 3.63) is 60.7 Å². The van der Waals surface area contributed by atoms with Crippen LogP contribution in [0.3, 0.4) is 0 Å². The van der Waals surface area contributed by atoms with Gasteiger partial charge in [-0.05, 0) is 36.2 Å². The van der Waals surface area contributed by atoms with E-state index in [1.165, 1.54) is 5.56 Å². The Labute approximate surface area is 99.6 Å². The molecule has 3 aromatic rings. The van der Waals surface area contributed by atoms with Gasteiger partial charge in [-0.15, -0.1) is 6.58 Å². The highest BCUT2D eigenvalue weighted by Crippen LogP contribution is 2.17. The van der Waals surface area contributed by atoms with Gasteiger partial charge in [-0.25, -0.2) is 9.97 Å². The number of benzene rings is 2. The lowest BCUT2D eigenvalue weighted by atomic mass is 10.1. The van der Waals surface area contributed by atoms with E-state index in [2.05, 4.69) is 28.7 Å². The molecule has 0 amide bonds. The Hall–Kier alpha value is -2.22. The molecular formula is C15H12N2. The maximum Gasteiger partial charge on any atom is 0.0897 e. The Bertz CT molecular complexity index is 701. The average Bonchev–Trinajstić information content (AvgIpc) is 2.36. The van der Waals surface area contributed by atoms with Gasteiger partial charge < -0.3 is 0 Å². The number of hydrogen-bond donors (Lipinski definition) is 0. The van der Waals surface area contributed by atoms with Crippen LogP contribution in [0.15, 0.2) is 55.1 Å². The molecule has 0 aliphatic rings. The fraction of sp³-hybridized carbons (Fsp3) is 0.0667. The van der Waals surface area contributed by atoms with Gasteiger partial charge in [0.15, 0.2) is 0 Å². The number of rotatable bonds is 2. The molecule has 2 nitrogen and oxygen atoms in total. The van der Waals surface area contributed by atoms with Gasteiger partial charge >= 0.3 is 0 Å². The second kappa shape index (κ2) is 3.98. The Morgan fingerprint density at radius 1 is 0.882 bits per heavy atom. The SMILES string of the molecule is C=CCc1ccc2nc3ccccc3nc2c1. The predicted molar refractivity (Wildman–Crippen MR) is 70.9 cm³/mol. The van der Waals surface area contributed by atoms with Crippen molar-refractivity contribution in [2.24, 2.45) is 0 Å². The Morgan fingerprint density at radius 3 is 2.24 bits per heavy atom. The highest BCUT2D eigenvalue weighted by molar-refractivity contribution is 5.86. The van der Waals surface area contributed by atoms with E-state index >= 15 is 0 Å². The molecule has 2 aromatic carbocycles. The molecule has 2 heteroatoms. The smallest absolute Gasteiger partial charge is 0.0897 e. The standard InChI is InChI=1S/C15H12N2/c1-2-5-11-8-9-14-15(10-11)17-13-7-4-3-6-12(13)16-14/h2-4,6-10H,1,5H2. The molecule has 0 aliphatic carbocycles. The van der Waals surface area contributed by atoms with Gasteiger partial charge in [0.2, 0.25) is 0 Å². The van der Waals surface area contributed by atoms with Crippen LogP contribution in [-0.4, -0.2) is 9.97 Å². The molecule has 0 fully saturated rings. The first-order valence-corrected chi connectivity index (χ1v) is 5.63. The van der Waals surface area contributed by atoms with E-state index in [9.17, 15) is 0 Å². The molecule has 1 heterocycles. The molecule has 0 saturated carbocycles. The van der Waals surface area contributed by atoms with Crippen LogP contribution in [-0.2, 0) is 6.42 Å². The van der Waals surface area contributed by atoms with Crippen molar-refractivity contribution in [1.29, 1.82) is 0 Å². The highest BCUT2D eigenvalue weighted by atomic mass is 14.8. The summed E-state index contributed by atoms with van der Waals surface area (Å²) in [5.74, 6) is 0. The predicted octanol–water partition coefficient (Wildman–Crippen LogP) is 3.51. The summed E-state index contributed by atoms with van der Waals surface area (Å²) in [6.07, 6.45) is 2.76. The summed E-state index contributed by atoms with van der Waals surface area (Å²) in [6.45, 7) is 3.75. The van der Waals surface area contributed by atoms with Crippen molar-refractivity contribution in [3.63, 3.8) is 0 Å². The summed E-state index contributed by atoms with van der Waals surface area (Å²) in [5.41, 5.74) is 4.99. The molecule has 0 unspecified atom stereocenters. The molecule has 3 rings (SSSR count). The zero-order valence-electron chi connectivity index (χ0n) is 9.43. The van der Waals surface area contributed by atoms with Gasteiger partial charge in [-0.3, -0.25) is 0 Å². The molecular weight excluding hydrogens is 208 g/mol. The number of para-hydroxylation sites is 2. The molecule has 0 aliphatic heterocycles. The van der Waals surface area contributed by atoms with E-state index in [1.807, 2.05) is 36.4 Å². The van der Waals surface area contributed by atoms with Crippen LogP contribution in [0.25, 0.3) is 22.1 Å². The number of nitrogens with zero attached hydrogens (tertiary/aromatic N) is 2. The third-order valence-corrected chi connectivity index (χ3v) is 2.78. The summed E-state index contributed by atoms with van der Waals surface area (Å²) >= 11 is 0. The van der Waals surface area contributed by atoms with Crippen LogP contribution in [0.5, 0.6) is 0 Å². The average molecular weight is 220 g/mol. The van der Waals surface area contributed by atoms with Crippen molar-refractivity contribution in [2.45, 2.75) is 6.42 Å². The van der Waals surface area contributed by atoms with Gasteiger partial charge in [0.25, 0.3) is 0 Å². The molecule has 1 aromatic heterocycles. The fourth-order valence-corrected chi connectivity index (χ4v) is 1.96. The molecule has 0 bridgehead atoms. The van der Waals surface area contributed by atoms with E-state index < -0.39 is 0 Å². The summed E-state index contributed by atoms with van der Waals surface area (Å²) in [4.78, 5) is 9.21. The monoisotopic (exact) mass is 220 g/mol. The van der Waals surface area contributed by atoms with Crippen LogP contribution < -0.4 is 0 Å². The zero-order valence-corrected chi connectivity index (χ0v) is 9.43. The first-order valence-electron chi connectivity index (χ1n) is 5.63. The quantitative estimate of drug-likeness (QED) is 0.488. The van der Waals surface area contributed by atoms with E-state index in [1.54, 1.807) is 0 Å². The highest BCUT2D eigenvalue weighted by Gasteiger charge is 2.01. The number of aromatic nitrogens is 2. The van der Waals surface area contributed by atoms with Gasteiger partial charge in [-0.1, -0.05) is 24.3 Å². The fourth-order valence-electron chi connectivity index (χ4n) is 1.96. The number of allylic oxidation sites excluding steroid dienone is 1. The van der Waals surface area contributed by atoms with E-state index in [0.717, 1.165) is 28.5 Å². The van der Waals surface area contributed by atoms with Crippen LogP contribution >= 0.6 is 0 Å². The third kappa shape index (κ3) is 1.78. The lowest BCUT2D eigenvalue weighted by Crippen LogP contribution is -1.89. The van der Waals surface area contributed by atoms with E-state index in [0.29, 0.717) is 0 Å². The number of hydrogen-bond acceptors (Lipinski definition) is 2. The van der Waals surface area contributed by atoms with Crippen LogP contribution in [0, 0.1) is 0 Å². The summed E-state index contributed by atoms with van der Waals surface area (Å²) in [6, 6.07) is 14.1. The molecule has 0 atom stereocenters. The van der Waals surface area contributed by atoms with Gasteiger partial charge in [0, 0.05) is 0 Å². The van der Waals surface area contributed by atoms with Crippen molar-refractivity contribution in [3.8, 4) is 0 Å². The minimum Gasteiger partial charge on any atom is -0.245 e. The summed E-state index contributed by atoms with van der Waals surface area (Å²) in [7, 11) is 0. The van der Waals surface area contributed by atoms with Crippen molar-refractivity contribution >= 4 is 22.1 Å². The maximum atomic E-state index is 4.62. The second-order valence-corrected chi connectivity index (χ2v) is 4.03. The topological polar surface area (TPSA) is 25.8 Å². The van der Waals surface area contributed by atoms with E-state index in [4.69, 9.17) is 0 Å². The summed E-state index contributed by atoms with van der Waals surface area (Å²) in [5, 5.41) is 0. The zero-order chi connectivity index (χ0) is 11.7. The Kier molecular flexibility index (Phi) is 2.33. The maximum absolute atomic E-state index is 4.62. The summed E-state index contributed by atoms with van der Waals surface area (Å²) < 4.78 is 0. The third-order valence-electron chi connectivity index (χ3n) is 2.78. The molecule has 82 valence electrons. The normalized spacial score (nSPS) is 10.8. The first kappa shape index (κ1) is 9.97. The molecule has 17 heavy (non-hydrogen) atoms. The van der Waals surface area contributed by atoms with Crippen LogP contribution in [0.2, 0.25) is 0 Å². The minimum atomic E-state index is 0.866. The molecule has 0 radical (unpaired) electrons. The molecule has 0 N–H and O–H groups in total. The van der Waals surface area contributed by atoms with Gasteiger partial charge in [0.1, 0.15) is 0 Å². The van der Waals surface area contributed by atoms with Crippen molar-refractivity contribution < 1.29 is 0 Å². The second-order valence-electron chi connectivity index (χ2n) is 4.03. The minimum absolute atomic E-state index is 0.866. The molecule has 0 saturated heterocycles. The largest absolute Gasteiger partial charge is 0.245 e. The van der Waals surface area contributed by atoms with Gasteiger partial charge in [-0.2, -0.15) is 0 Å². The first-order chi connectivity index (χ1) is 8.36. The Morgan fingerprint density at radius 2 is 1.53 bits per heavy atom. The lowest BCUT2D eigenvalue weighted by molar-refractivity contribution is 1.27. The van der Waals surface area contributed by atoms with Crippen molar-refractivity contribution in [2.75, 3.05) is 0 Å². The lowest BCUT2D eigenvalue weighted by Gasteiger charge is -2.02. The number of fused-ring (bicyclic) bond motifs is 2. The molecule has 0 spiro atoms. The Balaban J connectivity index is 2.28. The van der Waals surface area contributed by atoms with Crippen LogP contribution in [0.1, 0.15) is 5.56 Å². The van der Waals surface area contributed by atoms with Gasteiger partial charge in [0.05, 0.1) is 22.1 Å². The van der Waals surface area contributed by atoms with E-state index in [-0.39, 0.29) is 0 Å².